The maximum atomic E-state index is 11.0. The number of nitrogens with zero attached hydrogens (tertiary/aromatic N) is 3. The van der Waals surface area contributed by atoms with Crippen molar-refractivity contribution in [1.29, 1.82) is 0 Å². The van der Waals surface area contributed by atoms with E-state index in [1.165, 1.54) is 6.92 Å². The summed E-state index contributed by atoms with van der Waals surface area (Å²) in [6, 6.07) is 12.5. The summed E-state index contributed by atoms with van der Waals surface area (Å²) in [4.78, 5) is 15.5. The van der Waals surface area contributed by atoms with Crippen molar-refractivity contribution in [2.45, 2.75) is 45.3 Å². The molecule has 1 aromatic carbocycles. The highest BCUT2D eigenvalue weighted by Crippen LogP contribution is 2.34. The van der Waals surface area contributed by atoms with Crippen LogP contribution in [0.15, 0.2) is 48.8 Å². The maximum absolute atomic E-state index is 11.0. The van der Waals surface area contributed by atoms with Gasteiger partial charge in [0.15, 0.2) is 0 Å². The third-order valence-electron chi connectivity index (χ3n) is 5.18. The molecule has 2 aromatic heterocycles. The Morgan fingerprint density at radius 1 is 1.24 bits per heavy atom. The normalized spacial score (nSPS) is 14.7. The third kappa shape index (κ3) is 6.20. The zero-order valence-corrected chi connectivity index (χ0v) is 20.1. The van der Waals surface area contributed by atoms with E-state index < -0.39 is 0 Å². The Hall–Kier alpha value is -3.17. The molecule has 33 heavy (non-hydrogen) atoms. The van der Waals surface area contributed by atoms with Crippen molar-refractivity contribution in [3.8, 4) is 28.6 Å². The molecule has 1 radical (unpaired) electrons. The molecule has 3 heterocycles. The Balaban J connectivity index is 1.35. The van der Waals surface area contributed by atoms with Crippen LogP contribution in [-0.4, -0.2) is 48.8 Å². The lowest BCUT2D eigenvalue weighted by Crippen LogP contribution is -2.21. The molecule has 0 N–H and O–H groups in total. The van der Waals surface area contributed by atoms with Crippen LogP contribution in [0.4, 0.5) is 0 Å². The van der Waals surface area contributed by atoms with Crippen molar-refractivity contribution in [3.63, 3.8) is 0 Å². The highest BCUT2D eigenvalue weighted by atomic mass is 28.3. The van der Waals surface area contributed by atoms with Crippen molar-refractivity contribution < 1.29 is 23.7 Å². The number of carbonyl (C=O) groups is 1. The van der Waals surface area contributed by atoms with Crippen LogP contribution in [-0.2, 0) is 27.4 Å². The molecular weight excluding hydrogens is 438 g/mol. The van der Waals surface area contributed by atoms with E-state index in [1.807, 2.05) is 41.1 Å². The zero-order valence-electron chi connectivity index (χ0n) is 19.1. The molecule has 0 saturated carbocycles. The Kier molecular flexibility index (Phi) is 7.41. The number of pyridine rings is 1. The Labute approximate surface area is 195 Å². The lowest BCUT2D eigenvalue weighted by Gasteiger charge is -2.11. The summed E-state index contributed by atoms with van der Waals surface area (Å²) in [5, 5.41) is 4.36. The van der Waals surface area contributed by atoms with Gasteiger partial charge in [-0.25, -0.2) is 9.67 Å². The first-order valence-electron chi connectivity index (χ1n) is 10.9. The minimum absolute atomic E-state index is 0.169. The van der Waals surface area contributed by atoms with Gasteiger partial charge in [-0.05, 0) is 29.8 Å². The van der Waals surface area contributed by atoms with E-state index >= 15 is 0 Å². The summed E-state index contributed by atoms with van der Waals surface area (Å²) in [6.07, 6.45) is 4.06. The van der Waals surface area contributed by atoms with Crippen molar-refractivity contribution in [2.75, 3.05) is 13.2 Å². The number of benzene rings is 1. The van der Waals surface area contributed by atoms with Crippen molar-refractivity contribution in [3.05, 3.63) is 54.4 Å². The highest BCUT2D eigenvalue weighted by molar-refractivity contribution is 6.55. The molecule has 0 saturated heterocycles. The van der Waals surface area contributed by atoms with Gasteiger partial charge in [0.05, 0.1) is 5.69 Å². The SMILES string of the molecule is CC(=O)OCC1Cc2ccc(Oc3ccc(-c4ccnn4COCC[Si](C)C)cn3)cc2O1. The second kappa shape index (κ2) is 10.6. The molecule has 8 nitrogen and oxygen atoms in total. The second-order valence-corrected chi connectivity index (χ2v) is 11.1. The van der Waals surface area contributed by atoms with Crippen LogP contribution in [0, 0.1) is 0 Å². The average molecular weight is 467 g/mol. The standard InChI is InChI=1S/C24H28N3O5Si/c1-17(28)30-15-21-12-18-4-6-20(13-23(18)31-21)32-24-7-5-19(14-25-24)22-8-9-26-27(22)16-29-10-11-33(2)3/h4-9,13-14,21H,10-12,15-16H2,1-3H3. The molecule has 1 unspecified atom stereocenters. The van der Waals surface area contributed by atoms with Gasteiger partial charge in [0.1, 0.15) is 30.9 Å². The molecule has 0 aliphatic carbocycles. The minimum Gasteiger partial charge on any atom is -0.486 e. The van der Waals surface area contributed by atoms with E-state index in [9.17, 15) is 4.79 Å². The number of hydrogen-bond acceptors (Lipinski definition) is 7. The predicted octanol–water partition coefficient (Wildman–Crippen LogP) is 4.33. The molecule has 3 aromatic rings. The summed E-state index contributed by atoms with van der Waals surface area (Å²) in [6.45, 7) is 7.36. The van der Waals surface area contributed by atoms with Crippen molar-refractivity contribution >= 4 is 14.8 Å². The monoisotopic (exact) mass is 466 g/mol. The van der Waals surface area contributed by atoms with Gasteiger partial charge in [0, 0.05) is 58.8 Å². The van der Waals surface area contributed by atoms with Crippen molar-refractivity contribution in [1.82, 2.24) is 14.8 Å². The molecule has 0 spiro atoms. The summed E-state index contributed by atoms with van der Waals surface area (Å²) in [5.41, 5.74) is 2.94. The maximum Gasteiger partial charge on any atom is 0.302 e. The van der Waals surface area contributed by atoms with E-state index in [0.717, 1.165) is 35.2 Å². The van der Waals surface area contributed by atoms with Gasteiger partial charge >= 0.3 is 5.97 Å². The third-order valence-corrected chi connectivity index (χ3v) is 6.39. The summed E-state index contributed by atoms with van der Waals surface area (Å²) in [5.74, 6) is 1.55. The number of rotatable bonds is 10. The second-order valence-electron chi connectivity index (χ2n) is 8.21. The van der Waals surface area contributed by atoms with E-state index in [0.29, 0.717) is 24.8 Å². The van der Waals surface area contributed by atoms with Crippen LogP contribution in [0.5, 0.6) is 17.4 Å². The topological polar surface area (TPSA) is 84.7 Å². The smallest absolute Gasteiger partial charge is 0.302 e. The van der Waals surface area contributed by atoms with E-state index in [4.69, 9.17) is 18.9 Å². The van der Waals surface area contributed by atoms with Crippen LogP contribution in [0.2, 0.25) is 19.1 Å². The molecule has 1 aliphatic heterocycles. The quantitative estimate of drug-likeness (QED) is 0.250. The molecule has 9 heteroatoms. The van der Waals surface area contributed by atoms with E-state index in [1.54, 1.807) is 12.4 Å². The largest absolute Gasteiger partial charge is 0.486 e. The Bertz CT molecular complexity index is 1080. The Morgan fingerprint density at radius 3 is 2.88 bits per heavy atom. The van der Waals surface area contributed by atoms with Crippen molar-refractivity contribution in [2.24, 2.45) is 0 Å². The number of fused-ring (bicyclic) bond motifs is 1. The lowest BCUT2D eigenvalue weighted by atomic mass is 10.1. The first-order valence-corrected chi connectivity index (χ1v) is 13.6. The van der Waals surface area contributed by atoms with Gasteiger partial charge in [-0.3, -0.25) is 4.79 Å². The molecule has 173 valence electrons. The van der Waals surface area contributed by atoms with E-state index in [-0.39, 0.29) is 27.5 Å². The van der Waals surface area contributed by atoms with Gasteiger partial charge in [-0.15, -0.1) is 0 Å². The van der Waals surface area contributed by atoms with Gasteiger partial charge in [0.25, 0.3) is 0 Å². The van der Waals surface area contributed by atoms with Gasteiger partial charge < -0.3 is 18.9 Å². The molecule has 4 rings (SSSR count). The molecule has 1 atom stereocenters. The average Bonchev–Trinajstić information content (AvgIpc) is 3.42. The van der Waals surface area contributed by atoms with Crippen LogP contribution >= 0.6 is 0 Å². The highest BCUT2D eigenvalue weighted by Gasteiger charge is 2.24. The Morgan fingerprint density at radius 2 is 2.12 bits per heavy atom. The summed E-state index contributed by atoms with van der Waals surface area (Å²) < 4.78 is 24.4. The molecule has 0 bridgehead atoms. The number of esters is 1. The van der Waals surface area contributed by atoms with Gasteiger partial charge in [0.2, 0.25) is 5.88 Å². The first-order chi connectivity index (χ1) is 16.0. The van der Waals surface area contributed by atoms with Crippen LogP contribution in [0.1, 0.15) is 12.5 Å². The fourth-order valence-electron chi connectivity index (χ4n) is 3.47. The number of hydrogen-bond donors (Lipinski definition) is 0. The fraction of sp³-hybridized carbons (Fsp3) is 0.375. The van der Waals surface area contributed by atoms with Crippen LogP contribution in [0.3, 0.4) is 0 Å². The molecule has 0 amide bonds. The first kappa shape index (κ1) is 23.0. The summed E-state index contributed by atoms with van der Waals surface area (Å²) in [7, 11) is -0.283. The van der Waals surface area contributed by atoms with Crippen LogP contribution in [0.25, 0.3) is 11.3 Å². The summed E-state index contributed by atoms with van der Waals surface area (Å²) >= 11 is 0. The van der Waals surface area contributed by atoms with Gasteiger partial charge in [-0.2, -0.15) is 5.10 Å². The minimum atomic E-state index is -0.309. The predicted molar refractivity (Wildman–Crippen MR) is 125 cm³/mol. The molecule has 0 fully saturated rings. The lowest BCUT2D eigenvalue weighted by molar-refractivity contribution is -0.143. The van der Waals surface area contributed by atoms with E-state index in [2.05, 4.69) is 23.2 Å². The number of aromatic nitrogens is 3. The molecular formula is C24H28N3O5Si. The number of ether oxygens (including phenoxy) is 4. The van der Waals surface area contributed by atoms with Crippen LogP contribution < -0.4 is 9.47 Å². The fourth-order valence-corrected chi connectivity index (χ4v) is 4.02. The van der Waals surface area contributed by atoms with Gasteiger partial charge in [-0.1, -0.05) is 19.2 Å². The number of carbonyl (C=O) groups excluding carboxylic acids is 1. The molecule has 1 aliphatic rings. The zero-order chi connectivity index (χ0) is 23.2.